The van der Waals surface area contributed by atoms with Gasteiger partial charge in [0.2, 0.25) is 0 Å². The summed E-state index contributed by atoms with van der Waals surface area (Å²) in [5.41, 5.74) is 0. The predicted molar refractivity (Wildman–Crippen MR) is 38.1 cm³/mol. The minimum absolute atomic E-state index is 0.592. The molecule has 0 aromatic heterocycles. The quantitative estimate of drug-likeness (QED) is 0.491. The van der Waals surface area contributed by atoms with Crippen LogP contribution in [0.4, 0.5) is 0 Å². The molecule has 0 spiro atoms. The maximum atomic E-state index is 11.2. The molecule has 0 radical (unpaired) electrons. The molecule has 0 aromatic rings. The zero-order valence-electron chi connectivity index (χ0n) is 5.96. The van der Waals surface area contributed by atoms with Crippen LogP contribution in [0.25, 0.3) is 0 Å². The number of rotatable bonds is 0. The number of hydrogen-bond donors (Lipinski definition) is 0. The summed E-state index contributed by atoms with van der Waals surface area (Å²) in [7, 11) is -2.14. The van der Waals surface area contributed by atoms with E-state index >= 15 is 0 Å². The first-order valence-electron chi connectivity index (χ1n) is 3.31. The lowest BCUT2D eigenvalue weighted by molar-refractivity contribution is 0.261. The molecule has 1 heterocycles. The third-order valence-electron chi connectivity index (χ3n) is 1.62. The van der Waals surface area contributed by atoms with Crippen LogP contribution in [-0.4, -0.2) is 19.4 Å². The Hall–Kier alpha value is 0.190. The fourth-order valence-electron chi connectivity index (χ4n) is 1.16. The van der Waals surface area contributed by atoms with Crippen molar-refractivity contribution in [3.63, 3.8) is 0 Å². The van der Waals surface area contributed by atoms with Crippen LogP contribution in [0.15, 0.2) is 0 Å². The van der Waals surface area contributed by atoms with Gasteiger partial charge < -0.3 is 4.52 Å². The van der Waals surface area contributed by atoms with Crippen molar-refractivity contribution in [1.29, 1.82) is 0 Å². The number of hydrogen-bond acceptors (Lipinski definition) is 2. The molecule has 0 aliphatic carbocycles. The lowest BCUT2D eigenvalue weighted by Gasteiger charge is -2.23. The predicted octanol–water partition coefficient (Wildman–Crippen LogP) is 1.95. The Kier molecular flexibility index (Phi) is 1.97. The van der Waals surface area contributed by atoms with E-state index in [1.54, 1.807) is 6.66 Å². The second kappa shape index (κ2) is 2.43. The van der Waals surface area contributed by atoms with Crippen molar-refractivity contribution < 1.29 is 9.09 Å². The van der Waals surface area contributed by atoms with Crippen LogP contribution in [0.2, 0.25) is 0 Å². The SMILES string of the molecule is CC1CCOP(C)(=O)C1. The molecule has 0 saturated carbocycles. The van der Waals surface area contributed by atoms with Crippen molar-refractivity contribution in [1.82, 2.24) is 0 Å². The molecular formula is C6H13O2P. The van der Waals surface area contributed by atoms with Gasteiger partial charge in [-0.15, -0.1) is 0 Å². The van der Waals surface area contributed by atoms with Gasteiger partial charge >= 0.3 is 0 Å². The largest absolute Gasteiger partial charge is 0.329 e. The summed E-state index contributed by atoms with van der Waals surface area (Å²) in [5.74, 6) is 0.592. The summed E-state index contributed by atoms with van der Waals surface area (Å²) in [6.45, 7) is 4.54. The first kappa shape index (κ1) is 7.30. The molecule has 2 atom stereocenters. The van der Waals surface area contributed by atoms with Crippen LogP contribution in [0.3, 0.4) is 0 Å². The molecule has 0 N–H and O–H groups in total. The highest BCUT2D eigenvalue weighted by Crippen LogP contribution is 2.47. The van der Waals surface area contributed by atoms with Crippen molar-refractivity contribution in [3.05, 3.63) is 0 Å². The van der Waals surface area contributed by atoms with E-state index in [4.69, 9.17) is 4.52 Å². The molecular weight excluding hydrogens is 135 g/mol. The summed E-state index contributed by atoms with van der Waals surface area (Å²) in [5, 5.41) is 0. The van der Waals surface area contributed by atoms with E-state index < -0.39 is 7.37 Å². The van der Waals surface area contributed by atoms with Crippen LogP contribution in [0.5, 0.6) is 0 Å². The van der Waals surface area contributed by atoms with E-state index in [9.17, 15) is 4.57 Å². The van der Waals surface area contributed by atoms with Gasteiger partial charge in [-0.2, -0.15) is 0 Å². The Morgan fingerprint density at radius 3 is 2.67 bits per heavy atom. The third-order valence-corrected chi connectivity index (χ3v) is 3.63. The summed E-state index contributed by atoms with van der Waals surface area (Å²) in [6.07, 6.45) is 1.84. The molecule has 1 aliphatic rings. The van der Waals surface area contributed by atoms with Gasteiger partial charge in [-0.3, -0.25) is 4.57 Å². The van der Waals surface area contributed by atoms with E-state index in [1.807, 2.05) is 0 Å². The van der Waals surface area contributed by atoms with Crippen molar-refractivity contribution in [3.8, 4) is 0 Å². The minimum atomic E-state index is -2.14. The standard InChI is InChI=1S/C6H13O2P/c1-6-3-4-8-9(2,7)5-6/h6H,3-5H2,1-2H3. The Labute approximate surface area is 56.0 Å². The van der Waals surface area contributed by atoms with Crippen molar-refractivity contribution in [2.24, 2.45) is 5.92 Å². The van der Waals surface area contributed by atoms with E-state index in [2.05, 4.69) is 6.92 Å². The fourth-order valence-corrected chi connectivity index (χ4v) is 3.07. The summed E-state index contributed by atoms with van der Waals surface area (Å²) in [6, 6.07) is 0. The smallest absolute Gasteiger partial charge is 0.200 e. The third kappa shape index (κ3) is 2.11. The Morgan fingerprint density at radius 2 is 2.33 bits per heavy atom. The molecule has 1 fully saturated rings. The van der Waals surface area contributed by atoms with Gasteiger partial charge in [0.15, 0.2) is 7.37 Å². The maximum absolute atomic E-state index is 11.2. The Bertz CT molecular complexity index is 144. The molecule has 1 aliphatic heterocycles. The van der Waals surface area contributed by atoms with Gasteiger partial charge in [-0.25, -0.2) is 0 Å². The van der Waals surface area contributed by atoms with Crippen LogP contribution in [0, 0.1) is 5.92 Å². The first-order chi connectivity index (χ1) is 4.10. The highest BCUT2D eigenvalue weighted by atomic mass is 31.2. The second-order valence-electron chi connectivity index (χ2n) is 2.92. The topological polar surface area (TPSA) is 26.3 Å². The second-order valence-corrected chi connectivity index (χ2v) is 5.58. The van der Waals surface area contributed by atoms with Gasteiger partial charge in [-0.1, -0.05) is 6.92 Å². The zero-order chi connectivity index (χ0) is 6.91. The average molecular weight is 148 g/mol. The first-order valence-corrected chi connectivity index (χ1v) is 5.57. The highest BCUT2D eigenvalue weighted by Gasteiger charge is 2.24. The van der Waals surface area contributed by atoms with E-state index in [-0.39, 0.29) is 0 Å². The maximum Gasteiger partial charge on any atom is 0.200 e. The van der Waals surface area contributed by atoms with E-state index in [1.165, 1.54) is 0 Å². The highest BCUT2D eigenvalue weighted by molar-refractivity contribution is 7.58. The van der Waals surface area contributed by atoms with Crippen molar-refractivity contribution >= 4 is 7.37 Å². The van der Waals surface area contributed by atoms with Crippen molar-refractivity contribution in [2.75, 3.05) is 19.4 Å². The fraction of sp³-hybridized carbons (Fsp3) is 1.00. The van der Waals surface area contributed by atoms with Gasteiger partial charge in [0.05, 0.1) is 6.61 Å². The van der Waals surface area contributed by atoms with Gasteiger partial charge in [-0.05, 0) is 12.3 Å². The monoisotopic (exact) mass is 148 g/mol. The minimum Gasteiger partial charge on any atom is -0.329 e. The molecule has 0 amide bonds. The molecule has 0 bridgehead atoms. The van der Waals surface area contributed by atoms with Crippen LogP contribution in [-0.2, 0) is 9.09 Å². The molecule has 1 saturated heterocycles. The van der Waals surface area contributed by atoms with Crippen LogP contribution >= 0.6 is 7.37 Å². The molecule has 9 heavy (non-hydrogen) atoms. The lowest BCUT2D eigenvalue weighted by atomic mass is 10.1. The molecule has 2 nitrogen and oxygen atoms in total. The lowest BCUT2D eigenvalue weighted by Crippen LogP contribution is -2.13. The zero-order valence-corrected chi connectivity index (χ0v) is 6.86. The molecule has 3 heteroatoms. The van der Waals surface area contributed by atoms with Crippen LogP contribution < -0.4 is 0 Å². The summed E-state index contributed by atoms with van der Waals surface area (Å²) < 4.78 is 16.3. The Morgan fingerprint density at radius 1 is 1.67 bits per heavy atom. The van der Waals surface area contributed by atoms with Gasteiger partial charge in [0.1, 0.15) is 0 Å². The van der Waals surface area contributed by atoms with E-state index in [0.717, 1.165) is 12.6 Å². The van der Waals surface area contributed by atoms with Crippen LogP contribution in [0.1, 0.15) is 13.3 Å². The van der Waals surface area contributed by atoms with E-state index in [0.29, 0.717) is 12.5 Å². The Balaban J connectivity index is 2.51. The molecule has 1 rings (SSSR count). The summed E-state index contributed by atoms with van der Waals surface area (Å²) in [4.78, 5) is 0. The van der Waals surface area contributed by atoms with Crippen molar-refractivity contribution in [2.45, 2.75) is 13.3 Å². The normalized spacial score (nSPS) is 44.9. The average Bonchev–Trinajstić information content (AvgIpc) is 1.60. The molecule has 0 aromatic carbocycles. The molecule has 54 valence electrons. The molecule has 2 unspecified atom stereocenters. The van der Waals surface area contributed by atoms with Gasteiger partial charge in [0.25, 0.3) is 0 Å². The van der Waals surface area contributed by atoms with Gasteiger partial charge in [0, 0.05) is 12.8 Å². The summed E-state index contributed by atoms with van der Waals surface area (Å²) >= 11 is 0.